The Labute approximate surface area is 162 Å². The number of anilines is 2. The minimum atomic E-state index is 0.166. The topological polar surface area (TPSA) is 74.2 Å². The molecule has 3 heterocycles. The molecule has 1 saturated heterocycles. The SMILES string of the molecule is OCC1CCCN1c1cc(NCCc2csc(-c3ccccc3)n2)ncn1. The predicted octanol–water partition coefficient (Wildman–Crippen LogP) is 3.22. The Hall–Kier alpha value is -2.51. The van der Waals surface area contributed by atoms with Gasteiger partial charge in [0.1, 0.15) is 23.0 Å². The Morgan fingerprint density at radius 1 is 1.22 bits per heavy atom. The van der Waals surface area contributed by atoms with Crippen LogP contribution in [0.1, 0.15) is 18.5 Å². The van der Waals surface area contributed by atoms with Crippen molar-refractivity contribution in [2.45, 2.75) is 25.3 Å². The fraction of sp³-hybridized carbons (Fsp3) is 0.350. The minimum absolute atomic E-state index is 0.166. The average Bonchev–Trinajstić information content (AvgIpc) is 3.38. The maximum atomic E-state index is 9.51. The Bertz CT molecular complexity index is 870. The smallest absolute Gasteiger partial charge is 0.134 e. The van der Waals surface area contributed by atoms with Gasteiger partial charge in [-0.15, -0.1) is 11.3 Å². The van der Waals surface area contributed by atoms with Gasteiger partial charge in [-0.05, 0) is 12.8 Å². The average molecular weight is 382 g/mol. The Morgan fingerprint density at radius 2 is 2.11 bits per heavy atom. The van der Waals surface area contributed by atoms with E-state index in [-0.39, 0.29) is 12.6 Å². The maximum Gasteiger partial charge on any atom is 0.134 e. The van der Waals surface area contributed by atoms with Gasteiger partial charge in [0.25, 0.3) is 0 Å². The highest BCUT2D eigenvalue weighted by Crippen LogP contribution is 2.25. The quantitative estimate of drug-likeness (QED) is 0.655. The summed E-state index contributed by atoms with van der Waals surface area (Å²) >= 11 is 1.68. The van der Waals surface area contributed by atoms with Gasteiger partial charge in [-0.25, -0.2) is 15.0 Å². The first-order valence-electron chi connectivity index (χ1n) is 9.27. The summed E-state index contributed by atoms with van der Waals surface area (Å²) < 4.78 is 0. The summed E-state index contributed by atoms with van der Waals surface area (Å²) in [6.45, 7) is 1.86. The van der Waals surface area contributed by atoms with Crippen molar-refractivity contribution in [3.8, 4) is 10.6 Å². The number of aromatic nitrogens is 3. The van der Waals surface area contributed by atoms with Gasteiger partial charge in [0.15, 0.2) is 0 Å². The van der Waals surface area contributed by atoms with Gasteiger partial charge in [0.05, 0.1) is 18.3 Å². The summed E-state index contributed by atoms with van der Waals surface area (Å²) in [6.07, 6.45) is 4.52. The number of hydrogen-bond acceptors (Lipinski definition) is 7. The lowest BCUT2D eigenvalue weighted by Gasteiger charge is -2.24. The van der Waals surface area contributed by atoms with E-state index in [0.717, 1.165) is 60.3 Å². The lowest BCUT2D eigenvalue weighted by Crippen LogP contribution is -2.32. The van der Waals surface area contributed by atoms with E-state index in [9.17, 15) is 5.11 Å². The van der Waals surface area contributed by atoms with Gasteiger partial charge in [0, 0.05) is 36.5 Å². The molecular formula is C20H23N5OS. The second kappa shape index (κ2) is 8.45. The van der Waals surface area contributed by atoms with E-state index in [1.807, 2.05) is 24.3 Å². The van der Waals surface area contributed by atoms with Gasteiger partial charge >= 0.3 is 0 Å². The molecule has 0 spiro atoms. The summed E-state index contributed by atoms with van der Waals surface area (Å²) in [7, 11) is 0. The van der Waals surface area contributed by atoms with Crippen molar-refractivity contribution in [2.75, 3.05) is 29.9 Å². The van der Waals surface area contributed by atoms with Crippen molar-refractivity contribution >= 4 is 23.0 Å². The number of aliphatic hydroxyl groups is 1. The number of hydrogen-bond donors (Lipinski definition) is 2. The van der Waals surface area contributed by atoms with Crippen LogP contribution in [0.4, 0.5) is 11.6 Å². The van der Waals surface area contributed by atoms with Crippen LogP contribution in [-0.4, -0.2) is 45.8 Å². The van der Waals surface area contributed by atoms with Gasteiger partial charge in [-0.3, -0.25) is 0 Å². The van der Waals surface area contributed by atoms with E-state index < -0.39 is 0 Å². The molecule has 0 radical (unpaired) electrons. The number of benzene rings is 1. The van der Waals surface area contributed by atoms with Crippen molar-refractivity contribution in [3.05, 3.63) is 53.8 Å². The van der Waals surface area contributed by atoms with Crippen LogP contribution < -0.4 is 10.2 Å². The van der Waals surface area contributed by atoms with Crippen molar-refractivity contribution in [1.82, 2.24) is 15.0 Å². The van der Waals surface area contributed by atoms with Gasteiger partial charge in [-0.2, -0.15) is 0 Å². The van der Waals surface area contributed by atoms with Crippen molar-refractivity contribution in [3.63, 3.8) is 0 Å². The first kappa shape index (κ1) is 17.9. The predicted molar refractivity (Wildman–Crippen MR) is 109 cm³/mol. The van der Waals surface area contributed by atoms with Crippen LogP contribution in [0.25, 0.3) is 10.6 Å². The summed E-state index contributed by atoms with van der Waals surface area (Å²) in [4.78, 5) is 15.6. The number of thiazole rings is 1. The third-order valence-electron chi connectivity index (χ3n) is 4.79. The first-order chi connectivity index (χ1) is 13.3. The molecule has 1 aliphatic rings. The zero-order chi connectivity index (χ0) is 18.5. The van der Waals surface area contributed by atoms with Crippen molar-refractivity contribution in [1.29, 1.82) is 0 Å². The number of aliphatic hydroxyl groups excluding tert-OH is 1. The summed E-state index contributed by atoms with van der Waals surface area (Å²) in [5.74, 6) is 1.69. The van der Waals surface area contributed by atoms with Crippen LogP contribution in [0.15, 0.2) is 48.1 Å². The molecule has 7 heteroatoms. The van der Waals surface area contributed by atoms with Crippen LogP contribution in [0, 0.1) is 0 Å². The fourth-order valence-corrected chi connectivity index (χ4v) is 4.24. The Balaban J connectivity index is 1.34. The van der Waals surface area contributed by atoms with Gasteiger partial charge in [0.2, 0.25) is 0 Å². The van der Waals surface area contributed by atoms with Crippen LogP contribution in [0.5, 0.6) is 0 Å². The monoisotopic (exact) mass is 381 g/mol. The highest BCUT2D eigenvalue weighted by atomic mass is 32.1. The fourth-order valence-electron chi connectivity index (χ4n) is 3.38. The molecule has 3 aromatic rings. The molecule has 0 bridgehead atoms. The van der Waals surface area contributed by atoms with Crippen molar-refractivity contribution < 1.29 is 5.11 Å². The van der Waals surface area contributed by atoms with Crippen molar-refractivity contribution in [2.24, 2.45) is 0 Å². The molecule has 4 rings (SSSR count). The van der Waals surface area contributed by atoms with Gasteiger partial charge in [-0.1, -0.05) is 30.3 Å². The molecule has 0 aliphatic carbocycles. The molecule has 0 amide bonds. The van der Waals surface area contributed by atoms with E-state index in [1.54, 1.807) is 17.7 Å². The molecule has 1 unspecified atom stereocenters. The van der Waals surface area contributed by atoms with Crippen LogP contribution in [0.3, 0.4) is 0 Å². The molecule has 2 N–H and O–H groups in total. The molecule has 2 aromatic heterocycles. The third kappa shape index (κ3) is 4.26. The van der Waals surface area contributed by atoms with Crippen LogP contribution in [0.2, 0.25) is 0 Å². The van der Waals surface area contributed by atoms with Crippen LogP contribution in [-0.2, 0) is 6.42 Å². The zero-order valence-corrected chi connectivity index (χ0v) is 15.9. The first-order valence-corrected chi connectivity index (χ1v) is 10.1. The van der Waals surface area contributed by atoms with E-state index >= 15 is 0 Å². The number of nitrogens with zero attached hydrogens (tertiary/aromatic N) is 4. The van der Waals surface area contributed by atoms with E-state index in [4.69, 9.17) is 4.98 Å². The van der Waals surface area contributed by atoms with E-state index in [2.05, 4.69) is 37.7 Å². The molecular weight excluding hydrogens is 358 g/mol. The number of rotatable bonds is 7. The summed E-state index contributed by atoms with van der Waals surface area (Å²) in [6, 6.07) is 12.4. The lowest BCUT2D eigenvalue weighted by atomic mass is 10.2. The highest BCUT2D eigenvalue weighted by Gasteiger charge is 2.25. The Morgan fingerprint density at radius 3 is 2.96 bits per heavy atom. The largest absolute Gasteiger partial charge is 0.394 e. The molecule has 1 fully saturated rings. The second-order valence-corrected chi connectivity index (χ2v) is 7.48. The maximum absolute atomic E-state index is 9.51. The molecule has 140 valence electrons. The molecule has 1 atom stereocenters. The second-order valence-electron chi connectivity index (χ2n) is 6.62. The standard InChI is InChI=1S/C20H23N5OS/c26-12-17-7-4-10-25(17)19-11-18(22-14-23-19)21-9-8-16-13-27-20(24-16)15-5-2-1-3-6-15/h1-3,5-6,11,13-14,17,26H,4,7-10,12H2,(H,21,22,23). The molecule has 1 aliphatic heterocycles. The lowest BCUT2D eigenvalue weighted by molar-refractivity contribution is 0.266. The molecule has 0 saturated carbocycles. The zero-order valence-electron chi connectivity index (χ0n) is 15.1. The molecule has 1 aromatic carbocycles. The van der Waals surface area contributed by atoms with Gasteiger partial charge < -0.3 is 15.3 Å². The normalized spacial score (nSPS) is 16.6. The number of nitrogens with one attached hydrogen (secondary N) is 1. The third-order valence-corrected chi connectivity index (χ3v) is 5.73. The molecule has 27 heavy (non-hydrogen) atoms. The van der Waals surface area contributed by atoms with E-state index in [1.165, 1.54) is 0 Å². The summed E-state index contributed by atoms with van der Waals surface area (Å²) in [5.41, 5.74) is 2.24. The highest BCUT2D eigenvalue weighted by molar-refractivity contribution is 7.13. The summed E-state index contributed by atoms with van der Waals surface area (Å²) in [5, 5.41) is 16.0. The van der Waals surface area contributed by atoms with E-state index in [0.29, 0.717) is 0 Å². The molecule has 6 nitrogen and oxygen atoms in total. The van der Waals surface area contributed by atoms with Crippen LogP contribution >= 0.6 is 11.3 Å². The minimum Gasteiger partial charge on any atom is -0.394 e. The Kier molecular flexibility index (Phi) is 5.60.